The van der Waals surface area contributed by atoms with Gasteiger partial charge in [-0.15, -0.1) is 10.2 Å². The molecule has 1 saturated heterocycles. The summed E-state index contributed by atoms with van der Waals surface area (Å²) >= 11 is 0. The highest BCUT2D eigenvalue weighted by Crippen LogP contribution is 2.32. The number of carbonyl (C=O) groups is 1. The number of aromatic nitrogens is 4. The first-order chi connectivity index (χ1) is 16.2. The summed E-state index contributed by atoms with van der Waals surface area (Å²) in [6, 6.07) is 10.2. The Labute approximate surface area is 194 Å². The largest absolute Gasteiger partial charge is 0.417 e. The van der Waals surface area contributed by atoms with Crippen LogP contribution in [0, 0.1) is 13.8 Å². The first-order valence-electron chi connectivity index (χ1n) is 11.3. The van der Waals surface area contributed by atoms with Crippen molar-refractivity contribution in [3.63, 3.8) is 0 Å². The number of piperidine rings is 1. The van der Waals surface area contributed by atoms with E-state index in [4.69, 9.17) is 0 Å². The zero-order valence-corrected chi connectivity index (χ0v) is 18.9. The van der Waals surface area contributed by atoms with Crippen molar-refractivity contribution >= 4 is 22.5 Å². The molecule has 0 radical (unpaired) electrons. The number of fused-ring (bicyclic) bond motifs is 2. The molecule has 0 saturated carbocycles. The molecule has 1 aliphatic rings. The summed E-state index contributed by atoms with van der Waals surface area (Å²) in [7, 11) is 0. The summed E-state index contributed by atoms with van der Waals surface area (Å²) < 4.78 is 41.1. The normalized spacial score (nSPS) is 17.0. The number of nitrogens with zero attached hydrogens (tertiary/aromatic N) is 5. The lowest BCUT2D eigenvalue weighted by Gasteiger charge is -2.32. The maximum absolute atomic E-state index is 13.3. The minimum atomic E-state index is -4.45. The van der Waals surface area contributed by atoms with E-state index >= 15 is 0 Å². The molecule has 34 heavy (non-hydrogen) atoms. The zero-order chi connectivity index (χ0) is 24.0. The molecule has 6 nitrogen and oxygen atoms in total. The van der Waals surface area contributed by atoms with Gasteiger partial charge in [-0.2, -0.15) is 13.2 Å². The molecule has 9 heteroatoms. The Balaban J connectivity index is 1.39. The van der Waals surface area contributed by atoms with Gasteiger partial charge >= 0.3 is 6.18 Å². The van der Waals surface area contributed by atoms with Crippen LogP contribution in [-0.4, -0.2) is 43.5 Å². The number of amides is 1. The number of benzene rings is 1. The summed E-state index contributed by atoms with van der Waals surface area (Å²) in [5, 5.41) is 9.25. The van der Waals surface area contributed by atoms with E-state index in [1.165, 1.54) is 10.5 Å². The number of pyridine rings is 2. The van der Waals surface area contributed by atoms with Crippen molar-refractivity contribution in [3.05, 3.63) is 70.8 Å². The van der Waals surface area contributed by atoms with Crippen LogP contribution in [0.1, 0.15) is 47.0 Å². The number of halogens is 3. The third-order valence-electron chi connectivity index (χ3n) is 6.71. The number of likely N-dealkylation sites (tertiary alicyclic amines) is 1. The molecule has 1 atom stereocenters. The van der Waals surface area contributed by atoms with E-state index in [2.05, 4.69) is 15.2 Å². The van der Waals surface area contributed by atoms with Crippen LogP contribution < -0.4 is 0 Å². The molecule has 0 bridgehead atoms. The fraction of sp³-hybridized carbons (Fsp3) is 0.360. The maximum Gasteiger partial charge on any atom is 0.417 e. The van der Waals surface area contributed by atoms with Gasteiger partial charge in [0.25, 0.3) is 0 Å². The van der Waals surface area contributed by atoms with Gasteiger partial charge in [0.05, 0.1) is 17.5 Å². The number of hydrogen-bond donors (Lipinski definition) is 0. The molecule has 4 aromatic rings. The number of hydrogen-bond acceptors (Lipinski definition) is 4. The van der Waals surface area contributed by atoms with E-state index < -0.39 is 11.7 Å². The molecule has 0 spiro atoms. The van der Waals surface area contributed by atoms with Crippen LogP contribution in [0.5, 0.6) is 0 Å². The molecular formula is C25H24F3N5O. The second kappa shape index (κ2) is 8.38. The van der Waals surface area contributed by atoms with Crippen LogP contribution in [0.15, 0.2) is 42.6 Å². The lowest BCUT2D eigenvalue weighted by atomic mass is 9.95. The van der Waals surface area contributed by atoms with Crippen LogP contribution in [0.3, 0.4) is 0 Å². The smallest absolute Gasteiger partial charge is 0.342 e. The van der Waals surface area contributed by atoms with Gasteiger partial charge in [-0.3, -0.25) is 14.2 Å². The van der Waals surface area contributed by atoms with Crippen molar-refractivity contribution in [2.24, 2.45) is 0 Å². The molecule has 4 heterocycles. The first kappa shape index (κ1) is 22.3. The van der Waals surface area contributed by atoms with Crippen LogP contribution >= 0.6 is 0 Å². The van der Waals surface area contributed by atoms with Gasteiger partial charge in [-0.1, -0.05) is 18.2 Å². The number of alkyl halides is 3. The molecular weight excluding hydrogens is 443 g/mol. The van der Waals surface area contributed by atoms with Crippen molar-refractivity contribution in [1.29, 1.82) is 0 Å². The topological polar surface area (TPSA) is 63.4 Å². The highest BCUT2D eigenvalue weighted by atomic mass is 19.4. The number of aryl methyl sites for hydroxylation is 2. The van der Waals surface area contributed by atoms with Crippen LogP contribution in [0.4, 0.5) is 13.2 Å². The quantitative estimate of drug-likeness (QED) is 0.432. The van der Waals surface area contributed by atoms with Crippen molar-refractivity contribution in [1.82, 2.24) is 24.5 Å². The van der Waals surface area contributed by atoms with Gasteiger partial charge in [0.2, 0.25) is 5.91 Å². The summed E-state index contributed by atoms with van der Waals surface area (Å²) in [6.45, 7) is 4.94. The Morgan fingerprint density at radius 3 is 2.71 bits per heavy atom. The summed E-state index contributed by atoms with van der Waals surface area (Å²) in [5.74, 6) is 0.254. The van der Waals surface area contributed by atoms with E-state index in [0.29, 0.717) is 24.6 Å². The predicted octanol–water partition coefficient (Wildman–Crippen LogP) is 4.86. The van der Waals surface area contributed by atoms with Crippen molar-refractivity contribution in [3.8, 4) is 0 Å². The Hall–Kier alpha value is -3.49. The molecule has 5 rings (SSSR count). The number of carbonyl (C=O) groups excluding carboxylic acids is 1. The van der Waals surface area contributed by atoms with E-state index in [-0.39, 0.29) is 18.2 Å². The van der Waals surface area contributed by atoms with E-state index in [9.17, 15) is 18.0 Å². The second-order valence-electron chi connectivity index (χ2n) is 8.88. The number of rotatable bonds is 3. The molecule has 1 aliphatic heterocycles. The summed E-state index contributed by atoms with van der Waals surface area (Å²) in [5.41, 5.74) is 3.33. The Kier molecular flexibility index (Phi) is 5.50. The minimum absolute atomic E-state index is 0.0159. The molecule has 3 aromatic heterocycles. The molecule has 0 aliphatic carbocycles. The Bertz CT molecular complexity index is 1390. The zero-order valence-electron chi connectivity index (χ0n) is 18.9. The highest BCUT2D eigenvalue weighted by molar-refractivity contribution is 5.86. The monoisotopic (exact) mass is 467 g/mol. The van der Waals surface area contributed by atoms with Gasteiger partial charge in [0.1, 0.15) is 5.82 Å². The lowest BCUT2D eigenvalue weighted by molar-refractivity contribution is -0.137. The van der Waals surface area contributed by atoms with Gasteiger partial charge in [0.15, 0.2) is 5.65 Å². The SMILES string of the molecule is Cc1nc2ccccc2c(C)c1CC(=O)N1CCCC(c2nnc3ccc(C(F)(F)F)cn23)C1. The van der Waals surface area contributed by atoms with Crippen LogP contribution in [0.25, 0.3) is 16.6 Å². The van der Waals surface area contributed by atoms with Gasteiger partial charge < -0.3 is 4.90 Å². The predicted molar refractivity (Wildman–Crippen MR) is 121 cm³/mol. The fourth-order valence-corrected chi connectivity index (χ4v) is 4.86. The summed E-state index contributed by atoms with van der Waals surface area (Å²) in [4.78, 5) is 19.7. The van der Waals surface area contributed by atoms with Crippen molar-refractivity contribution in [2.45, 2.75) is 45.2 Å². The van der Waals surface area contributed by atoms with Gasteiger partial charge in [0, 0.05) is 36.3 Å². The maximum atomic E-state index is 13.3. The highest BCUT2D eigenvalue weighted by Gasteiger charge is 2.33. The molecule has 1 aromatic carbocycles. The van der Waals surface area contributed by atoms with Crippen molar-refractivity contribution < 1.29 is 18.0 Å². The second-order valence-corrected chi connectivity index (χ2v) is 8.88. The first-order valence-corrected chi connectivity index (χ1v) is 11.3. The number of para-hydroxylation sites is 1. The average Bonchev–Trinajstić information content (AvgIpc) is 3.24. The minimum Gasteiger partial charge on any atom is -0.342 e. The standard InChI is InChI=1S/C25H24F3N5O/c1-15-19-7-3-4-8-21(19)29-16(2)20(15)12-23(34)32-11-5-6-17(13-32)24-31-30-22-10-9-18(14-33(22)24)25(26,27)28/h3-4,7-10,14,17H,5-6,11-13H2,1-2H3. The van der Waals surface area contributed by atoms with E-state index in [1.54, 1.807) is 4.90 Å². The Morgan fingerprint density at radius 1 is 1.12 bits per heavy atom. The lowest BCUT2D eigenvalue weighted by Crippen LogP contribution is -2.40. The molecule has 1 unspecified atom stereocenters. The third kappa shape index (κ3) is 3.99. The molecule has 176 valence electrons. The van der Waals surface area contributed by atoms with E-state index in [1.807, 2.05) is 38.1 Å². The molecule has 0 N–H and O–H groups in total. The van der Waals surface area contributed by atoms with Crippen LogP contribution in [0.2, 0.25) is 0 Å². The van der Waals surface area contributed by atoms with Crippen LogP contribution in [-0.2, 0) is 17.4 Å². The van der Waals surface area contributed by atoms with E-state index in [0.717, 1.165) is 52.8 Å². The molecule has 1 fully saturated rings. The third-order valence-corrected chi connectivity index (χ3v) is 6.71. The van der Waals surface area contributed by atoms with Gasteiger partial charge in [-0.25, -0.2) is 0 Å². The molecule has 1 amide bonds. The fourth-order valence-electron chi connectivity index (χ4n) is 4.86. The summed E-state index contributed by atoms with van der Waals surface area (Å²) in [6.07, 6.45) is -1.69. The van der Waals surface area contributed by atoms with Gasteiger partial charge in [-0.05, 0) is 56.0 Å². The van der Waals surface area contributed by atoms with Crippen molar-refractivity contribution in [2.75, 3.05) is 13.1 Å². The average molecular weight is 467 g/mol. The Morgan fingerprint density at radius 2 is 1.91 bits per heavy atom.